The van der Waals surface area contributed by atoms with Crippen LogP contribution in [0.5, 0.6) is 0 Å². The summed E-state index contributed by atoms with van der Waals surface area (Å²) in [5.74, 6) is -0.120. The van der Waals surface area contributed by atoms with Gasteiger partial charge in [0.2, 0.25) is 0 Å². The van der Waals surface area contributed by atoms with E-state index in [1.165, 1.54) is 0 Å². The smallest absolute Gasteiger partial charge is 0.252 e. The number of anilines is 2. The number of nitrogens with one attached hydrogen (secondary N) is 2. The molecule has 0 saturated heterocycles. The number of pyridine rings is 1. The number of hydrogen-bond donors (Lipinski definition) is 2. The van der Waals surface area contributed by atoms with Crippen molar-refractivity contribution in [2.75, 3.05) is 32.5 Å². The second-order valence-electron chi connectivity index (χ2n) is 5.13. The van der Waals surface area contributed by atoms with Gasteiger partial charge in [-0.15, -0.1) is 0 Å². The van der Waals surface area contributed by atoms with Gasteiger partial charge in [0.25, 0.3) is 5.91 Å². The zero-order valence-corrected chi connectivity index (χ0v) is 14.2. The van der Waals surface area contributed by atoms with Crippen LogP contribution < -0.4 is 10.6 Å². The van der Waals surface area contributed by atoms with Gasteiger partial charge < -0.3 is 15.5 Å². The molecule has 0 aliphatic carbocycles. The van der Waals surface area contributed by atoms with Gasteiger partial charge in [-0.2, -0.15) is 0 Å². The highest BCUT2D eigenvalue weighted by Gasteiger charge is 2.07. The molecule has 0 radical (unpaired) electrons. The minimum atomic E-state index is -0.120. The van der Waals surface area contributed by atoms with Crippen LogP contribution in [0.25, 0.3) is 0 Å². The Morgan fingerprint density at radius 2 is 2.05 bits per heavy atom. The van der Waals surface area contributed by atoms with Gasteiger partial charge >= 0.3 is 0 Å². The van der Waals surface area contributed by atoms with Crippen LogP contribution in [0.4, 0.5) is 11.4 Å². The molecule has 2 N–H and O–H groups in total. The summed E-state index contributed by atoms with van der Waals surface area (Å²) in [5.41, 5.74) is 2.23. The van der Waals surface area contributed by atoms with Crippen LogP contribution in [-0.2, 0) is 0 Å². The van der Waals surface area contributed by atoms with Gasteiger partial charge in [0, 0.05) is 23.8 Å². The van der Waals surface area contributed by atoms with Gasteiger partial charge in [-0.25, -0.2) is 0 Å². The minimum absolute atomic E-state index is 0.120. The lowest BCUT2D eigenvalue weighted by molar-refractivity contribution is 0.0950. The zero-order valence-electron chi connectivity index (χ0n) is 12.6. The molecule has 1 amide bonds. The van der Waals surface area contributed by atoms with Crippen molar-refractivity contribution in [1.29, 1.82) is 0 Å². The summed E-state index contributed by atoms with van der Waals surface area (Å²) in [7, 11) is 3.94. The third-order valence-electron chi connectivity index (χ3n) is 3.00. The molecule has 1 heterocycles. The molecule has 22 heavy (non-hydrogen) atoms. The maximum absolute atomic E-state index is 12.1. The largest absolute Gasteiger partial charge is 0.353 e. The van der Waals surface area contributed by atoms with E-state index in [9.17, 15) is 4.79 Å². The van der Waals surface area contributed by atoms with Gasteiger partial charge in [0.05, 0.1) is 23.1 Å². The molecule has 0 unspecified atom stereocenters. The molecule has 5 nitrogen and oxygen atoms in total. The highest BCUT2D eigenvalue weighted by Crippen LogP contribution is 2.25. The summed E-state index contributed by atoms with van der Waals surface area (Å²) in [6.07, 6.45) is 3.26. The molecule has 0 bridgehead atoms. The fourth-order valence-corrected chi connectivity index (χ4v) is 2.23. The van der Waals surface area contributed by atoms with Crippen LogP contribution >= 0.6 is 15.9 Å². The number of para-hydroxylation sites is 1. The summed E-state index contributed by atoms with van der Waals surface area (Å²) in [5, 5.41) is 6.12. The van der Waals surface area contributed by atoms with Gasteiger partial charge in [-0.05, 0) is 48.2 Å². The number of nitrogens with zero attached hydrogens (tertiary/aromatic N) is 2. The van der Waals surface area contributed by atoms with Crippen molar-refractivity contribution in [3.63, 3.8) is 0 Å². The van der Waals surface area contributed by atoms with Crippen LogP contribution in [0.3, 0.4) is 0 Å². The Kier molecular flexibility index (Phi) is 5.91. The van der Waals surface area contributed by atoms with Gasteiger partial charge in [-0.3, -0.25) is 9.78 Å². The van der Waals surface area contributed by atoms with E-state index in [1.807, 2.05) is 43.3 Å². The number of halogens is 1. The maximum atomic E-state index is 12.1. The fourth-order valence-electron chi connectivity index (χ4n) is 1.85. The molecule has 1 aromatic carbocycles. The van der Waals surface area contributed by atoms with E-state index in [1.54, 1.807) is 18.5 Å². The van der Waals surface area contributed by atoms with Crippen molar-refractivity contribution >= 4 is 33.2 Å². The average Bonchev–Trinajstić information content (AvgIpc) is 2.49. The van der Waals surface area contributed by atoms with E-state index >= 15 is 0 Å². The third kappa shape index (κ3) is 4.82. The summed E-state index contributed by atoms with van der Waals surface area (Å²) < 4.78 is 0.954. The molecule has 1 aromatic heterocycles. The molecule has 0 fully saturated rings. The quantitative estimate of drug-likeness (QED) is 0.829. The van der Waals surface area contributed by atoms with Crippen LogP contribution in [0, 0.1) is 0 Å². The Labute approximate surface area is 138 Å². The van der Waals surface area contributed by atoms with Gasteiger partial charge in [0.1, 0.15) is 0 Å². The first-order chi connectivity index (χ1) is 10.6. The summed E-state index contributed by atoms with van der Waals surface area (Å²) in [4.78, 5) is 18.2. The lowest BCUT2D eigenvalue weighted by Crippen LogP contribution is -2.31. The monoisotopic (exact) mass is 362 g/mol. The molecule has 2 aromatic rings. The minimum Gasteiger partial charge on any atom is -0.353 e. The molecule has 0 aliphatic heterocycles. The van der Waals surface area contributed by atoms with Crippen molar-refractivity contribution in [3.8, 4) is 0 Å². The zero-order chi connectivity index (χ0) is 15.9. The maximum Gasteiger partial charge on any atom is 0.252 e. The molecule has 6 heteroatoms. The average molecular weight is 363 g/mol. The van der Waals surface area contributed by atoms with Crippen LogP contribution in [0.2, 0.25) is 0 Å². The molecule has 116 valence electrons. The Morgan fingerprint density at radius 1 is 1.27 bits per heavy atom. The topological polar surface area (TPSA) is 57.3 Å². The number of carbonyl (C=O) groups excluding carboxylic acids is 1. The summed E-state index contributed by atoms with van der Waals surface area (Å²) in [6, 6.07) is 9.58. The van der Waals surface area contributed by atoms with E-state index in [4.69, 9.17) is 0 Å². The molecular formula is C16H19BrN4O. The Balaban J connectivity index is 2.03. The number of amides is 1. The van der Waals surface area contributed by atoms with Crippen LogP contribution in [-0.4, -0.2) is 43.0 Å². The van der Waals surface area contributed by atoms with E-state index in [-0.39, 0.29) is 5.91 Å². The van der Waals surface area contributed by atoms with Crippen molar-refractivity contribution in [1.82, 2.24) is 15.2 Å². The van der Waals surface area contributed by atoms with E-state index in [0.29, 0.717) is 12.1 Å². The Morgan fingerprint density at radius 3 is 2.77 bits per heavy atom. The number of hydrogen-bond acceptors (Lipinski definition) is 4. The summed E-state index contributed by atoms with van der Waals surface area (Å²) >= 11 is 3.48. The SMILES string of the molecule is CN(C)CCNC(=O)c1cncc(Nc2ccccc2Br)c1. The number of benzene rings is 1. The predicted molar refractivity (Wildman–Crippen MR) is 92.5 cm³/mol. The first-order valence-electron chi connectivity index (χ1n) is 6.96. The number of likely N-dealkylation sites (N-methyl/N-ethyl adjacent to an activating group) is 1. The summed E-state index contributed by atoms with van der Waals surface area (Å²) in [6.45, 7) is 1.40. The Bertz CT molecular complexity index is 646. The van der Waals surface area contributed by atoms with Crippen LogP contribution in [0.1, 0.15) is 10.4 Å². The van der Waals surface area contributed by atoms with E-state index < -0.39 is 0 Å². The van der Waals surface area contributed by atoms with Crippen LogP contribution in [0.15, 0.2) is 47.2 Å². The van der Waals surface area contributed by atoms with Crippen molar-refractivity contribution < 1.29 is 4.79 Å². The van der Waals surface area contributed by atoms with Crippen molar-refractivity contribution in [3.05, 3.63) is 52.8 Å². The molecule has 0 aliphatic rings. The van der Waals surface area contributed by atoms with Crippen molar-refractivity contribution in [2.24, 2.45) is 0 Å². The number of carbonyl (C=O) groups is 1. The van der Waals surface area contributed by atoms with E-state index in [2.05, 4.69) is 31.5 Å². The Hall–Kier alpha value is -1.92. The molecule has 0 atom stereocenters. The standard InChI is InChI=1S/C16H19BrN4O/c1-21(2)8-7-19-16(22)12-9-13(11-18-10-12)20-15-6-4-3-5-14(15)17/h3-6,9-11,20H,7-8H2,1-2H3,(H,19,22). The normalized spacial score (nSPS) is 10.5. The molecule has 0 spiro atoms. The van der Waals surface area contributed by atoms with Crippen molar-refractivity contribution in [2.45, 2.75) is 0 Å². The number of rotatable bonds is 6. The van der Waals surface area contributed by atoms with E-state index in [0.717, 1.165) is 22.4 Å². The second-order valence-corrected chi connectivity index (χ2v) is 5.98. The lowest BCUT2D eigenvalue weighted by Gasteiger charge is -2.11. The third-order valence-corrected chi connectivity index (χ3v) is 3.69. The first-order valence-corrected chi connectivity index (χ1v) is 7.75. The highest BCUT2D eigenvalue weighted by molar-refractivity contribution is 9.10. The molecule has 0 saturated carbocycles. The number of aromatic nitrogens is 1. The molecule has 2 rings (SSSR count). The lowest BCUT2D eigenvalue weighted by atomic mass is 10.2. The highest BCUT2D eigenvalue weighted by atomic mass is 79.9. The molecular weight excluding hydrogens is 344 g/mol. The fraction of sp³-hybridized carbons (Fsp3) is 0.250. The predicted octanol–water partition coefficient (Wildman–Crippen LogP) is 2.88. The van der Waals surface area contributed by atoms with Gasteiger partial charge in [0.15, 0.2) is 0 Å². The van der Waals surface area contributed by atoms with Gasteiger partial charge in [-0.1, -0.05) is 12.1 Å². The first kappa shape index (κ1) is 16.5. The second kappa shape index (κ2) is 7.91.